The highest BCUT2D eigenvalue weighted by Crippen LogP contribution is 2.44. The monoisotopic (exact) mass is 276 g/mol. The third-order valence-electron chi connectivity index (χ3n) is 4.95. The van der Waals surface area contributed by atoms with Crippen LogP contribution in [0.25, 0.3) is 0 Å². The summed E-state index contributed by atoms with van der Waals surface area (Å²) in [6.07, 6.45) is 2.68. The van der Waals surface area contributed by atoms with E-state index in [1.807, 2.05) is 0 Å². The predicted molar refractivity (Wildman–Crippen MR) is 83.3 cm³/mol. The smallest absolute Gasteiger partial charge is 0.122 e. The molecule has 0 aliphatic heterocycles. The Morgan fingerprint density at radius 2 is 2.00 bits per heavy atom. The molecule has 1 aliphatic rings. The molecule has 0 heterocycles. The largest absolute Gasteiger partial charge is 0.496 e. The summed E-state index contributed by atoms with van der Waals surface area (Å²) in [5, 5.41) is 10.7. The Bertz CT molecular complexity index is 465. The van der Waals surface area contributed by atoms with Gasteiger partial charge in [-0.2, -0.15) is 0 Å². The number of aliphatic hydroxyl groups excluding tert-OH is 1. The van der Waals surface area contributed by atoms with Crippen molar-refractivity contribution in [2.75, 3.05) is 7.11 Å². The van der Waals surface area contributed by atoms with Gasteiger partial charge in [-0.25, -0.2) is 0 Å². The molecule has 3 unspecified atom stereocenters. The number of rotatable bonds is 4. The van der Waals surface area contributed by atoms with Crippen molar-refractivity contribution in [1.82, 2.24) is 0 Å². The molecule has 1 aliphatic carbocycles. The molecule has 1 aromatic rings. The highest BCUT2D eigenvalue weighted by atomic mass is 16.5. The highest BCUT2D eigenvalue weighted by Gasteiger charge is 2.31. The Morgan fingerprint density at radius 1 is 1.30 bits per heavy atom. The van der Waals surface area contributed by atoms with Crippen molar-refractivity contribution in [1.29, 1.82) is 0 Å². The standard InChI is InChI=1S/C18H28O2/c1-6-12(4)17-16(20-5)8-7-13-9-14(11(2)3)10-15(19)18(13)17/h7-8,11-12,14-15,19H,6,9-10H2,1-5H3. The molecular weight excluding hydrogens is 248 g/mol. The molecule has 3 atom stereocenters. The van der Waals surface area contributed by atoms with Gasteiger partial charge >= 0.3 is 0 Å². The van der Waals surface area contributed by atoms with Gasteiger partial charge in [0.2, 0.25) is 0 Å². The lowest BCUT2D eigenvalue weighted by Crippen LogP contribution is -2.24. The molecule has 0 saturated heterocycles. The Kier molecular flexibility index (Phi) is 4.74. The summed E-state index contributed by atoms with van der Waals surface area (Å²) in [6, 6.07) is 4.23. The number of ether oxygens (including phenoxy) is 1. The highest BCUT2D eigenvalue weighted by molar-refractivity contribution is 5.49. The quantitative estimate of drug-likeness (QED) is 0.879. The lowest BCUT2D eigenvalue weighted by atomic mass is 9.73. The number of aliphatic hydroxyl groups is 1. The molecule has 20 heavy (non-hydrogen) atoms. The minimum Gasteiger partial charge on any atom is -0.496 e. The van der Waals surface area contributed by atoms with E-state index in [1.54, 1.807) is 7.11 Å². The molecule has 112 valence electrons. The van der Waals surface area contributed by atoms with Gasteiger partial charge in [-0.1, -0.05) is 33.8 Å². The molecule has 0 fully saturated rings. The Labute approximate surface area is 123 Å². The predicted octanol–water partition coefficient (Wildman–Crippen LogP) is 4.46. The number of hydrogen-bond acceptors (Lipinski definition) is 2. The van der Waals surface area contributed by atoms with Crippen molar-refractivity contribution in [2.24, 2.45) is 11.8 Å². The van der Waals surface area contributed by atoms with Crippen LogP contribution in [-0.4, -0.2) is 12.2 Å². The number of methoxy groups -OCH3 is 1. The minimum atomic E-state index is -0.342. The Balaban J connectivity index is 2.51. The zero-order valence-corrected chi connectivity index (χ0v) is 13.4. The summed E-state index contributed by atoms with van der Waals surface area (Å²) in [5.41, 5.74) is 3.69. The van der Waals surface area contributed by atoms with Crippen LogP contribution in [0.5, 0.6) is 5.75 Å². The summed E-state index contributed by atoms with van der Waals surface area (Å²) in [7, 11) is 1.72. The van der Waals surface area contributed by atoms with E-state index in [2.05, 4.69) is 39.8 Å². The van der Waals surface area contributed by atoms with Gasteiger partial charge in [0.25, 0.3) is 0 Å². The van der Waals surface area contributed by atoms with Gasteiger partial charge in [-0.3, -0.25) is 0 Å². The first-order valence-corrected chi connectivity index (χ1v) is 7.87. The van der Waals surface area contributed by atoms with Gasteiger partial charge < -0.3 is 9.84 Å². The lowest BCUT2D eigenvalue weighted by Gasteiger charge is -2.34. The van der Waals surface area contributed by atoms with Gasteiger partial charge in [0.1, 0.15) is 5.75 Å². The average Bonchev–Trinajstić information content (AvgIpc) is 2.44. The second-order valence-electron chi connectivity index (χ2n) is 6.52. The molecular formula is C18H28O2. The first-order chi connectivity index (χ1) is 9.49. The van der Waals surface area contributed by atoms with Crippen LogP contribution in [0, 0.1) is 11.8 Å². The second kappa shape index (κ2) is 6.17. The van der Waals surface area contributed by atoms with Crippen LogP contribution in [0.3, 0.4) is 0 Å². The van der Waals surface area contributed by atoms with E-state index in [0.717, 1.165) is 30.6 Å². The molecule has 0 saturated carbocycles. The van der Waals surface area contributed by atoms with Crippen molar-refractivity contribution >= 4 is 0 Å². The van der Waals surface area contributed by atoms with E-state index >= 15 is 0 Å². The first kappa shape index (κ1) is 15.4. The number of benzene rings is 1. The van der Waals surface area contributed by atoms with Crippen molar-refractivity contribution < 1.29 is 9.84 Å². The van der Waals surface area contributed by atoms with Crippen LogP contribution >= 0.6 is 0 Å². The van der Waals surface area contributed by atoms with Crippen LogP contribution in [0.2, 0.25) is 0 Å². The molecule has 0 bridgehead atoms. The summed E-state index contributed by atoms with van der Waals surface area (Å²) in [6.45, 7) is 8.91. The third kappa shape index (κ3) is 2.71. The van der Waals surface area contributed by atoms with Gasteiger partial charge in [-0.05, 0) is 54.2 Å². The van der Waals surface area contributed by atoms with E-state index < -0.39 is 0 Å². The van der Waals surface area contributed by atoms with Crippen molar-refractivity contribution in [3.05, 3.63) is 28.8 Å². The van der Waals surface area contributed by atoms with Crippen molar-refractivity contribution in [3.63, 3.8) is 0 Å². The lowest BCUT2D eigenvalue weighted by molar-refractivity contribution is 0.115. The minimum absolute atomic E-state index is 0.342. The summed E-state index contributed by atoms with van der Waals surface area (Å²) in [4.78, 5) is 0. The fourth-order valence-electron chi connectivity index (χ4n) is 3.40. The zero-order chi connectivity index (χ0) is 14.9. The molecule has 1 aromatic carbocycles. The Hall–Kier alpha value is -1.02. The van der Waals surface area contributed by atoms with Crippen LogP contribution < -0.4 is 4.74 Å². The summed E-state index contributed by atoms with van der Waals surface area (Å²) in [5.74, 6) is 2.55. The maximum absolute atomic E-state index is 10.7. The maximum Gasteiger partial charge on any atom is 0.122 e. The van der Waals surface area contributed by atoms with Crippen LogP contribution in [0.15, 0.2) is 12.1 Å². The van der Waals surface area contributed by atoms with Gasteiger partial charge in [-0.15, -0.1) is 0 Å². The fourth-order valence-corrected chi connectivity index (χ4v) is 3.40. The van der Waals surface area contributed by atoms with Gasteiger partial charge in [0.15, 0.2) is 0 Å². The van der Waals surface area contributed by atoms with E-state index in [4.69, 9.17) is 4.74 Å². The normalized spacial score (nSPS) is 23.6. The van der Waals surface area contributed by atoms with E-state index in [-0.39, 0.29) is 6.10 Å². The van der Waals surface area contributed by atoms with E-state index in [1.165, 1.54) is 11.1 Å². The molecule has 0 aromatic heterocycles. The summed E-state index contributed by atoms with van der Waals surface area (Å²) >= 11 is 0. The van der Waals surface area contributed by atoms with Crippen molar-refractivity contribution in [2.45, 2.75) is 59.0 Å². The fraction of sp³-hybridized carbons (Fsp3) is 0.667. The molecule has 0 amide bonds. The van der Waals surface area contributed by atoms with Gasteiger partial charge in [0.05, 0.1) is 13.2 Å². The van der Waals surface area contributed by atoms with Crippen molar-refractivity contribution in [3.8, 4) is 5.75 Å². The average molecular weight is 276 g/mol. The van der Waals surface area contributed by atoms with Crippen LogP contribution in [0.1, 0.15) is 69.2 Å². The second-order valence-corrected chi connectivity index (χ2v) is 6.52. The molecule has 1 N–H and O–H groups in total. The molecule has 2 heteroatoms. The SMILES string of the molecule is CCC(C)c1c(OC)ccc2c1C(O)CC(C(C)C)C2. The summed E-state index contributed by atoms with van der Waals surface area (Å²) < 4.78 is 5.55. The third-order valence-corrected chi connectivity index (χ3v) is 4.95. The topological polar surface area (TPSA) is 29.5 Å². The molecule has 2 rings (SSSR count). The van der Waals surface area contributed by atoms with Crippen LogP contribution in [-0.2, 0) is 6.42 Å². The number of hydrogen-bond donors (Lipinski definition) is 1. The van der Waals surface area contributed by atoms with Gasteiger partial charge in [0, 0.05) is 5.56 Å². The zero-order valence-electron chi connectivity index (χ0n) is 13.4. The molecule has 0 radical (unpaired) electrons. The van der Waals surface area contributed by atoms with E-state index in [0.29, 0.717) is 17.8 Å². The van der Waals surface area contributed by atoms with Crippen LogP contribution in [0.4, 0.5) is 0 Å². The molecule has 2 nitrogen and oxygen atoms in total. The van der Waals surface area contributed by atoms with E-state index in [9.17, 15) is 5.11 Å². The molecule has 0 spiro atoms. The Morgan fingerprint density at radius 3 is 2.55 bits per heavy atom. The number of fused-ring (bicyclic) bond motifs is 1. The maximum atomic E-state index is 10.7. The first-order valence-electron chi connectivity index (χ1n) is 7.87.